The molecule has 1 aliphatic heterocycles. The maximum Gasteiger partial charge on any atom is 0.256 e. The summed E-state index contributed by atoms with van der Waals surface area (Å²) in [6.07, 6.45) is 0.759. The summed E-state index contributed by atoms with van der Waals surface area (Å²) in [5, 5.41) is 9.78. The lowest BCUT2D eigenvalue weighted by Crippen LogP contribution is -2.35. The Balaban J connectivity index is 1.81. The molecule has 1 aromatic heterocycles. The van der Waals surface area contributed by atoms with Gasteiger partial charge in [0.15, 0.2) is 4.77 Å². The van der Waals surface area contributed by atoms with Crippen LogP contribution < -0.4 is 5.56 Å². The summed E-state index contributed by atoms with van der Waals surface area (Å²) in [6.45, 7) is 2.07. The topological polar surface area (TPSA) is 72.1 Å². The van der Waals surface area contributed by atoms with Crippen LogP contribution in [-0.4, -0.2) is 26.5 Å². The highest BCUT2D eigenvalue weighted by atomic mass is 35.5. The molecule has 3 rings (SSSR count). The molecule has 0 spiro atoms. The van der Waals surface area contributed by atoms with E-state index in [0.717, 1.165) is 29.8 Å². The van der Waals surface area contributed by atoms with Gasteiger partial charge in [-0.25, -0.2) is 0 Å². The van der Waals surface area contributed by atoms with Crippen LogP contribution in [0.5, 0.6) is 5.75 Å². The summed E-state index contributed by atoms with van der Waals surface area (Å²) >= 11 is 10.9. The van der Waals surface area contributed by atoms with Crippen molar-refractivity contribution in [3.8, 4) is 5.75 Å². The fraction of sp³-hybridized carbons (Fsp3) is 0.286. The Hall–Kier alpha value is -1.63. The Morgan fingerprint density at radius 2 is 2.19 bits per heavy atom. The average Bonchev–Trinajstić information content (AvgIpc) is 2.43. The summed E-state index contributed by atoms with van der Waals surface area (Å²) < 4.78 is 0.373. The zero-order valence-electron chi connectivity index (χ0n) is 11.1. The van der Waals surface area contributed by atoms with Gasteiger partial charge < -0.3 is 10.1 Å². The molecule has 0 saturated carbocycles. The fourth-order valence-electron chi connectivity index (χ4n) is 2.55. The van der Waals surface area contributed by atoms with Crippen molar-refractivity contribution in [1.82, 2.24) is 14.9 Å². The van der Waals surface area contributed by atoms with Gasteiger partial charge in [0, 0.05) is 31.7 Å². The number of phenolic OH excluding ortho intramolecular Hbond substituents is 1. The molecule has 1 aliphatic rings. The van der Waals surface area contributed by atoms with E-state index in [1.165, 1.54) is 0 Å². The van der Waals surface area contributed by atoms with Gasteiger partial charge in [0.05, 0.1) is 10.6 Å². The van der Waals surface area contributed by atoms with E-state index in [4.69, 9.17) is 23.8 Å². The van der Waals surface area contributed by atoms with Gasteiger partial charge in [0.1, 0.15) is 5.75 Å². The van der Waals surface area contributed by atoms with Crippen LogP contribution in [0.1, 0.15) is 16.8 Å². The number of rotatable bonds is 2. The summed E-state index contributed by atoms with van der Waals surface area (Å²) in [4.78, 5) is 19.8. The van der Waals surface area contributed by atoms with Crippen LogP contribution in [0.3, 0.4) is 0 Å². The first kappa shape index (κ1) is 14.3. The second-order valence-corrected chi connectivity index (χ2v) is 5.93. The van der Waals surface area contributed by atoms with Crippen molar-refractivity contribution in [3.05, 3.63) is 55.2 Å². The van der Waals surface area contributed by atoms with E-state index in [9.17, 15) is 9.90 Å². The minimum Gasteiger partial charge on any atom is -0.506 e. The van der Waals surface area contributed by atoms with Crippen molar-refractivity contribution in [3.63, 3.8) is 0 Å². The van der Waals surface area contributed by atoms with Crippen molar-refractivity contribution in [2.24, 2.45) is 0 Å². The Morgan fingerprint density at radius 1 is 1.38 bits per heavy atom. The maximum absolute atomic E-state index is 12.0. The largest absolute Gasteiger partial charge is 0.506 e. The number of benzene rings is 1. The third-order valence-corrected chi connectivity index (χ3v) is 4.11. The molecule has 0 amide bonds. The molecule has 3 N–H and O–H groups in total. The second-order valence-electron chi connectivity index (χ2n) is 5.11. The number of nitrogens with one attached hydrogen (secondary N) is 2. The number of nitrogens with zero attached hydrogens (tertiary/aromatic N) is 1. The van der Waals surface area contributed by atoms with Gasteiger partial charge in [-0.15, -0.1) is 0 Å². The highest BCUT2D eigenvalue weighted by molar-refractivity contribution is 7.71. The van der Waals surface area contributed by atoms with Crippen LogP contribution in [0.4, 0.5) is 0 Å². The molecule has 0 atom stereocenters. The van der Waals surface area contributed by atoms with Crippen molar-refractivity contribution in [2.45, 2.75) is 19.5 Å². The van der Waals surface area contributed by atoms with E-state index >= 15 is 0 Å². The number of hydrogen-bond donors (Lipinski definition) is 3. The molecule has 0 unspecified atom stereocenters. The Bertz CT molecular complexity index is 800. The highest BCUT2D eigenvalue weighted by Gasteiger charge is 2.19. The number of phenols is 1. The Morgan fingerprint density at radius 3 is 2.95 bits per heavy atom. The minimum absolute atomic E-state index is 0.0772. The zero-order valence-corrected chi connectivity index (χ0v) is 12.7. The number of hydrogen-bond acceptors (Lipinski definition) is 4. The fourth-order valence-corrected chi connectivity index (χ4v) is 2.97. The number of aromatic nitrogens is 2. The van der Waals surface area contributed by atoms with Crippen LogP contribution in [0, 0.1) is 4.77 Å². The highest BCUT2D eigenvalue weighted by Crippen LogP contribution is 2.25. The standard InChI is InChI=1S/C14H14ClN3O2S/c15-10-5-8(1-2-12(10)19)6-18-4-3-11-9(7-18)13(20)17-14(21)16-11/h1-2,5,19H,3-4,6-7H2,(H2,16,17,20,21). The Labute approximate surface area is 131 Å². The number of aromatic hydroxyl groups is 1. The second kappa shape index (κ2) is 5.63. The molecule has 2 aromatic rings. The van der Waals surface area contributed by atoms with Crippen molar-refractivity contribution >= 4 is 23.8 Å². The molecule has 1 aromatic carbocycles. The van der Waals surface area contributed by atoms with E-state index < -0.39 is 0 Å². The van der Waals surface area contributed by atoms with Gasteiger partial charge in [-0.3, -0.25) is 14.7 Å². The SMILES string of the molecule is O=c1[nH]c(=S)[nH]c2c1CN(Cc1ccc(O)c(Cl)c1)CC2. The predicted octanol–water partition coefficient (Wildman–Crippen LogP) is 2.35. The number of fused-ring (bicyclic) bond motifs is 1. The molecule has 2 heterocycles. The molecule has 0 bridgehead atoms. The molecule has 110 valence electrons. The third kappa shape index (κ3) is 3.02. The maximum atomic E-state index is 12.0. The zero-order chi connectivity index (χ0) is 15.0. The van der Waals surface area contributed by atoms with Crippen LogP contribution >= 0.6 is 23.8 Å². The van der Waals surface area contributed by atoms with Gasteiger partial charge in [-0.05, 0) is 29.9 Å². The Kier molecular flexibility index (Phi) is 3.84. The molecular weight excluding hydrogens is 310 g/mol. The molecule has 0 aliphatic carbocycles. The van der Waals surface area contributed by atoms with E-state index in [0.29, 0.717) is 22.9 Å². The molecule has 0 radical (unpaired) electrons. The van der Waals surface area contributed by atoms with Gasteiger partial charge in [0.25, 0.3) is 5.56 Å². The molecular formula is C14H14ClN3O2S. The number of halogens is 1. The summed E-state index contributed by atoms with van der Waals surface area (Å²) in [7, 11) is 0. The number of H-pyrrole nitrogens is 2. The lowest BCUT2D eigenvalue weighted by molar-refractivity contribution is 0.241. The molecule has 5 nitrogen and oxygen atoms in total. The first-order chi connectivity index (χ1) is 10.0. The minimum atomic E-state index is -0.123. The third-order valence-electron chi connectivity index (χ3n) is 3.61. The average molecular weight is 324 g/mol. The van der Waals surface area contributed by atoms with Crippen molar-refractivity contribution in [2.75, 3.05) is 6.54 Å². The lowest BCUT2D eigenvalue weighted by atomic mass is 10.1. The lowest BCUT2D eigenvalue weighted by Gasteiger charge is -2.27. The van der Waals surface area contributed by atoms with E-state index in [1.807, 2.05) is 6.07 Å². The van der Waals surface area contributed by atoms with E-state index in [-0.39, 0.29) is 11.3 Å². The van der Waals surface area contributed by atoms with Gasteiger partial charge in [0.2, 0.25) is 0 Å². The first-order valence-electron chi connectivity index (χ1n) is 6.57. The van der Waals surface area contributed by atoms with E-state index in [1.54, 1.807) is 12.1 Å². The first-order valence-corrected chi connectivity index (χ1v) is 7.35. The smallest absolute Gasteiger partial charge is 0.256 e. The normalized spacial score (nSPS) is 14.9. The van der Waals surface area contributed by atoms with Crippen LogP contribution in [0.15, 0.2) is 23.0 Å². The van der Waals surface area contributed by atoms with Crippen LogP contribution in [0.25, 0.3) is 0 Å². The summed E-state index contributed by atoms with van der Waals surface area (Å²) in [6, 6.07) is 5.16. The molecule has 0 saturated heterocycles. The molecule has 7 heteroatoms. The van der Waals surface area contributed by atoms with Gasteiger partial charge in [-0.1, -0.05) is 17.7 Å². The van der Waals surface area contributed by atoms with Gasteiger partial charge in [-0.2, -0.15) is 0 Å². The summed E-state index contributed by atoms with van der Waals surface area (Å²) in [5.74, 6) is 0.0772. The van der Waals surface area contributed by atoms with Gasteiger partial charge >= 0.3 is 0 Å². The van der Waals surface area contributed by atoms with E-state index in [2.05, 4.69) is 14.9 Å². The van der Waals surface area contributed by atoms with Crippen molar-refractivity contribution < 1.29 is 5.11 Å². The number of aromatic amines is 2. The van der Waals surface area contributed by atoms with Crippen molar-refractivity contribution in [1.29, 1.82) is 0 Å². The van der Waals surface area contributed by atoms with Crippen LogP contribution in [0.2, 0.25) is 5.02 Å². The summed E-state index contributed by atoms with van der Waals surface area (Å²) in [5.41, 5.74) is 2.53. The molecule has 21 heavy (non-hydrogen) atoms. The van der Waals surface area contributed by atoms with Crippen LogP contribution in [-0.2, 0) is 19.5 Å². The monoisotopic (exact) mass is 323 g/mol. The molecule has 0 fully saturated rings. The quantitative estimate of drug-likeness (QED) is 0.742. The predicted molar refractivity (Wildman–Crippen MR) is 83.2 cm³/mol.